The van der Waals surface area contributed by atoms with Crippen LogP contribution in [-0.2, 0) is 9.59 Å². The third kappa shape index (κ3) is 2.35. The van der Waals surface area contributed by atoms with Crippen LogP contribution in [0, 0.1) is 17.3 Å². The Morgan fingerprint density at radius 3 is 2.70 bits per heavy atom. The summed E-state index contributed by atoms with van der Waals surface area (Å²) in [6.07, 6.45) is 3.05. The van der Waals surface area contributed by atoms with Gasteiger partial charge >= 0.3 is 0 Å². The monoisotopic (exact) mass is 292 g/mol. The molecule has 1 aromatic heterocycles. The predicted molar refractivity (Wildman–Crippen MR) is 76.2 cm³/mol. The van der Waals surface area contributed by atoms with Gasteiger partial charge in [0.2, 0.25) is 11.8 Å². The highest BCUT2D eigenvalue weighted by molar-refractivity contribution is 7.16. The minimum absolute atomic E-state index is 0.163. The molecule has 0 atom stereocenters. The van der Waals surface area contributed by atoms with Crippen LogP contribution in [0.3, 0.4) is 0 Å². The van der Waals surface area contributed by atoms with E-state index in [9.17, 15) is 9.59 Å². The van der Waals surface area contributed by atoms with E-state index in [1.165, 1.54) is 22.4 Å². The predicted octanol–water partition coefficient (Wildman–Crippen LogP) is 1.56. The second-order valence-electron chi connectivity index (χ2n) is 4.67. The van der Waals surface area contributed by atoms with Crippen LogP contribution in [-0.4, -0.2) is 28.5 Å². The van der Waals surface area contributed by atoms with Crippen LogP contribution < -0.4 is 4.90 Å². The van der Waals surface area contributed by atoms with E-state index in [4.69, 9.17) is 5.11 Å². The topological polar surface area (TPSA) is 70.5 Å². The van der Waals surface area contributed by atoms with Crippen molar-refractivity contribution in [1.29, 1.82) is 0 Å². The summed E-state index contributed by atoms with van der Waals surface area (Å²) >= 11 is 1.19. The molecule has 1 saturated heterocycles. The summed E-state index contributed by atoms with van der Waals surface area (Å²) in [7, 11) is 0. The van der Waals surface area contributed by atoms with E-state index in [2.05, 4.69) is 16.8 Å². The minimum Gasteiger partial charge on any atom is -0.384 e. The van der Waals surface area contributed by atoms with Crippen LogP contribution in [0.1, 0.15) is 38.0 Å². The quantitative estimate of drug-likeness (QED) is 0.678. The zero-order chi connectivity index (χ0) is 14.8. The number of aliphatic hydroxyl groups excluding tert-OH is 1. The summed E-state index contributed by atoms with van der Waals surface area (Å²) < 4.78 is 0. The third-order valence-corrected chi connectivity index (χ3v) is 4.62. The summed E-state index contributed by atoms with van der Waals surface area (Å²) in [5.74, 6) is 4.88. The van der Waals surface area contributed by atoms with Gasteiger partial charge in [-0.05, 0) is 12.8 Å². The molecule has 1 aliphatic rings. The highest BCUT2D eigenvalue weighted by Crippen LogP contribution is 2.41. The molecule has 0 bridgehead atoms. The molecule has 5 nitrogen and oxygen atoms in total. The molecule has 6 heteroatoms. The van der Waals surface area contributed by atoms with E-state index in [0.717, 1.165) is 0 Å². The Kier molecular flexibility index (Phi) is 4.21. The van der Waals surface area contributed by atoms with Crippen molar-refractivity contribution >= 4 is 28.3 Å². The fourth-order valence-electron chi connectivity index (χ4n) is 2.34. The molecular formula is C14H16N2O3S. The largest absolute Gasteiger partial charge is 0.384 e. The number of thiazole rings is 1. The smallest absolute Gasteiger partial charge is 0.242 e. The molecule has 0 saturated carbocycles. The maximum atomic E-state index is 12.5. The second kappa shape index (κ2) is 5.73. The SMILES string of the molecule is CCC1(CC)CC(=O)N(c2ncc(C#CCO)s2)C1=O. The zero-order valence-corrected chi connectivity index (χ0v) is 12.3. The fraction of sp³-hybridized carbons (Fsp3) is 0.500. The molecule has 106 valence electrons. The lowest BCUT2D eigenvalue weighted by Gasteiger charge is -2.22. The van der Waals surface area contributed by atoms with Crippen molar-refractivity contribution in [3.63, 3.8) is 0 Å². The summed E-state index contributed by atoms with van der Waals surface area (Å²) in [4.78, 5) is 30.6. The van der Waals surface area contributed by atoms with Gasteiger partial charge in [-0.3, -0.25) is 9.59 Å². The second-order valence-corrected chi connectivity index (χ2v) is 5.67. The average molecular weight is 292 g/mol. The van der Waals surface area contributed by atoms with Gasteiger partial charge in [0.15, 0.2) is 5.13 Å². The van der Waals surface area contributed by atoms with Gasteiger partial charge in [0, 0.05) is 6.42 Å². The van der Waals surface area contributed by atoms with Crippen LogP contribution in [0.15, 0.2) is 6.20 Å². The minimum atomic E-state index is -0.584. The molecule has 0 aromatic carbocycles. The van der Waals surface area contributed by atoms with E-state index in [1.54, 1.807) is 0 Å². The van der Waals surface area contributed by atoms with Crippen LogP contribution in [0.2, 0.25) is 0 Å². The number of carbonyl (C=O) groups is 2. The molecule has 20 heavy (non-hydrogen) atoms. The Morgan fingerprint density at radius 2 is 2.15 bits per heavy atom. The number of nitrogens with zero attached hydrogens (tertiary/aromatic N) is 2. The Labute approximate surface area is 121 Å². The lowest BCUT2D eigenvalue weighted by atomic mass is 9.81. The number of aliphatic hydroxyl groups is 1. The number of amides is 2. The molecule has 1 aliphatic heterocycles. The highest BCUT2D eigenvalue weighted by atomic mass is 32.1. The van der Waals surface area contributed by atoms with Crippen molar-refractivity contribution in [2.75, 3.05) is 11.5 Å². The van der Waals surface area contributed by atoms with Crippen LogP contribution in [0.5, 0.6) is 0 Å². The van der Waals surface area contributed by atoms with Crippen LogP contribution >= 0.6 is 11.3 Å². The van der Waals surface area contributed by atoms with Gasteiger partial charge in [0.05, 0.1) is 16.5 Å². The summed E-state index contributed by atoms with van der Waals surface area (Å²) in [5, 5.41) is 9.02. The normalized spacial score (nSPS) is 17.2. The first-order valence-electron chi connectivity index (χ1n) is 6.51. The number of hydrogen-bond donors (Lipinski definition) is 1. The molecule has 1 fully saturated rings. The zero-order valence-electron chi connectivity index (χ0n) is 11.5. The molecule has 2 heterocycles. The first-order chi connectivity index (χ1) is 9.57. The van der Waals surface area contributed by atoms with E-state index in [-0.39, 0.29) is 24.8 Å². The molecule has 1 N–H and O–H groups in total. The summed E-state index contributed by atoms with van der Waals surface area (Å²) in [6.45, 7) is 3.62. The number of anilines is 1. The first-order valence-corrected chi connectivity index (χ1v) is 7.32. The Bertz CT molecular complexity index is 593. The molecule has 0 unspecified atom stereocenters. The van der Waals surface area contributed by atoms with Crippen molar-refractivity contribution < 1.29 is 14.7 Å². The Hall–Kier alpha value is -1.71. The van der Waals surface area contributed by atoms with Crippen molar-refractivity contribution in [1.82, 2.24) is 4.98 Å². The Morgan fingerprint density at radius 1 is 1.45 bits per heavy atom. The van der Waals surface area contributed by atoms with Crippen LogP contribution in [0.4, 0.5) is 5.13 Å². The maximum absolute atomic E-state index is 12.5. The van der Waals surface area contributed by atoms with Crippen LogP contribution in [0.25, 0.3) is 0 Å². The lowest BCUT2D eigenvalue weighted by molar-refractivity contribution is -0.126. The van der Waals surface area contributed by atoms with Crippen molar-refractivity contribution in [2.45, 2.75) is 33.1 Å². The van der Waals surface area contributed by atoms with E-state index < -0.39 is 5.41 Å². The third-order valence-electron chi connectivity index (χ3n) is 3.72. The number of aromatic nitrogens is 1. The van der Waals surface area contributed by atoms with Gasteiger partial charge in [0.25, 0.3) is 0 Å². The maximum Gasteiger partial charge on any atom is 0.242 e. The standard InChI is InChI=1S/C14H16N2O3S/c1-3-14(4-2)8-11(18)16(12(14)19)13-15-9-10(20-13)6-5-7-17/h9,17H,3-4,7-8H2,1-2H3. The summed E-state index contributed by atoms with van der Waals surface area (Å²) in [5.41, 5.74) is -0.584. The molecule has 2 amide bonds. The van der Waals surface area contributed by atoms with Gasteiger partial charge < -0.3 is 5.11 Å². The van der Waals surface area contributed by atoms with E-state index in [1.807, 2.05) is 13.8 Å². The summed E-state index contributed by atoms with van der Waals surface area (Å²) in [6, 6.07) is 0. The van der Waals surface area contributed by atoms with Gasteiger partial charge in [0.1, 0.15) is 6.61 Å². The molecule has 0 radical (unpaired) electrons. The lowest BCUT2D eigenvalue weighted by Crippen LogP contribution is -2.35. The highest BCUT2D eigenvalue weighted by Gasteiger charge is 2.50. The van der Waals surface area contributed by atoms with E-state index >= 15 is 0 Å². The number of imide groups is 1. The molecule has 0 spiro atoms. The molecule has 0 aliphatic carbocycles. The first kappa shape index (κ1) is 14.7. The number of rotatable bonds is 3. The molecule has 1 aromatic rings. The van der Waals surface area contributed by atoms with Crippen molar-refractivity contribution in [3.8, 4) is 11.8 Å². The molecular weight excluding hydrogens is 276 g/mol. The Balaban J connectivity index is 2.31. The van der Waals surface area contributed by atoms with Gasteiger partial charge in [-0.1, -0.05) is 37.0 Å². The van der Waals surface area contributed by atoms with Gasteiger partial charge in [-0.15, -0.1) is 0 Å². The van der Waals surface area contributed by atoms with Crippen molar-refractivity contribution in [2.24, 2.45) is 5.41 Å². The fourth-order valence-corrected chi connectivity index (χ4v) is 3.15. The van der Waals surface area contributed by atoms with E-state index in [0.29, 0.717) is 22.9 Å². The van der Waals surface area contributed by atoms with Gasteiger partial charge in [-0.2, -0.15) is 0 Å². The average Bonchev–Trinajstić information content (AvgIpc) is 2.99. The number of hydrogen-bond acceptors (Lipinski definition) is 5. The number of carbonyl (C=O) groups excluding carboxylic acids is 2. The van der Waals surface area contributed by atoms with Gasteiger partial charge in [-0.25, -0.2) is 9.88 Å². The molecule has 2 rings (SSSR count). The van der Waals surface area contributed by atoms with Crippen molar-refractivity contribution in [3.05, 3.63) is 11.1 Å².